The lowest BCUT2D eigenvalue weighted by molar-refractivity contribution is 0.455. The Morgan fingerprint density at radius 1 is 1.54 bits per heavy atom. The third kappa shape index (κ3) is 1.81. The normalized spacial score (nSPS) is 28.2. The quantitative estimate of drug-likeness (QED) is 0.865. The Morgan fingerprint density at radius 3 is 2.92 bits per heavy atom. The fourth-order valence-electron chi connectivity index (χ4n) is 2.08. The lowest BCUT2D eigenvalue weighted by atomic mass is 10.1. The maximum absolute atomic E-state index is 5.47. The van der Waals surface area contributed by atoms with Crippen LogP contribution in [0.3, 0.4) is 0 Å². The van der Waals surface area contributed by atoms with Crippen molar-refractivity contribution in [1.29, 1.82) is 0 Å². The fraction of sp³-hybridized carbons (Fsp3) is 0.600. The number of hydrogen-bond donors (Lipinski definition) is 1. The summed E-state index contributed by atoms with van der Waals surface area (Å²) in [5, 5.41) is 3.32. The van der Waals surface area contributed by atoms with Crippen molar-refractivity contribution in [3.05, 3.63) is 22.6 Å². The van der Waals surface area contributed by atoms with E-state index in [2.05, 4.69) is 21.2 Å². The molecule has 0 amide bonds. The Kier molecular flexibility index (Phi) is 2.74. The van der Waals surface area contributed by atoms with E-state index in [1.54, 1.807) is 6.26 Å². The van der Waals surface area contributed by atoms with Crippen molar-refractivity contribution >= 4 is 15.9 Å². The van der Waals surface area contributed by atoms with Crippen LogP contribution in [0.25, 0.3) is 0 Å². The van der Waals surface area contributed by atoms with Crippen LogP contribution in [0.15, 0.2) is 21.2 Å². The van der Waals surface area contributed by atoms with Gasteiger partial charge in [0.25, 0.3) is 0 Å². The zero-order chi connectivity index (χ0) is 9.26. The van der Waals surface area contributed by atoms with Crippen LogP contribution in [0.1, 0.15) is 30.9 Å². The SMILES string of the molecule is CNC1CCC(c2occc2Br)C1. The zero-order valence-corrected chi connectivity index (χ0v) is 9.30. The Hall–Kier alpha value is -0.280. The number of furan rings is 1. The van der Waals surface area contributed by atoms with Gasteiger partial charge in [0.15, 0.2) is 0 Å². The summed E-state index contributed by atoms with van der Waals surface area (Å²) in [5.74, 6) is 1.72. The second-order valence-electron chi connectivity index (χ2n) is 3.63. The van der Waals surface area contributed by atoms with Gasteiger partial charge in [0.05, 0.1) is 10.7 Å². The highest BCUT2D eigenvalue weighted by Gasteiger charge is 2.27. The summed E-state index contributed by atoms with van der Waals surface area (Å²) >= 11 is 3.50. The molecule has 3 heteroatoms. The zero-order valence-electron chi connectivity index (χ0n) is 7.72. The highest BCUT2D eigenvalue weighted by atomic mass is 79.9. The van der Waals surface area contributed by atoms with Gasteiger partial charge < -0.3 is 9.73 Å². The molecule has 1 aliphatic carbocycles. The predicted molar refractivity (Wildman–Crippen MR) is 55.8 cm³/mol. The van der Waals surface area contributed by atoms with E-state index in [1.807, 2.05) is 13.1 Å². The van der Waals surface area contributed by atoms with Gasteiger partial charge in [-0.1, -0.05) is 0 Å². The van der Waals surface area contributed by atoms with Crippen LogP contribution >= 0.6 is 15.9 Å². The minimum absolute atomic E-state index is 0.599. The summed E-state index contributed by atoms with van der Waals surface area (Å²) < 4.78 is 6.59. The molecule has 2 unspecified atom stereocenters. The van der Waals surface area contributed by atoms with Gasteiger partial charge in [0.2, 0.25) is 0 Å². The van der Waals surface area contributed by atoms with Crippen molar-refractivity contribution in [2.45, 2.75) is 31.2 Å². The summed E-state index contributed by atoms with van der Waals surface area (Å²) in [5.41, 5.74) is 0. The molecular weight excluding hydrogens is 230 g/mol. The van der Waals surface area contributed by atoms with Crippen LogP contribution in [0, 0.1) is 0 Å². The summed E-state index contributed by atoms with van der Waals surface area (Å²) in [6.45, 7) is 0. The molecule has 2 atom stereocenters. The van der Waals surface area contributed by atoms with E-state index in [-0.39, 0.29) is 0 Å². The second kappa shape index (κ2) is 3.84. The van der Waals surface area contributed by atoms with Gasteiger partial charge in [-0.25, -0.2) is 0 Å². The number of nitrogens with one attached hydrogen (secondary N) is 1. The largest absolute Gasteiger partial charge is 0.468 e. The highest BCUT2D eigenvalue weighted by Crippen LogP contribution is 2.38. The Balaban J connectivity index is 2.08. The molecule has 1 aliphatic rings. The van der Waals surface area contributed by atoms with Crippen LogP contribution in [0.2, 0.25) is 0 Å². The van der Waals surface area contributed by atoms with Gasteiger partial charge in [0, 0.05) is 12.0 Å². The molecule has 13 heavy (non-hydrogen) atoms. The first-order valence-electron chi connectivity index (χ1n) is 4.71. The maximum atomic E-state index is 5.47. The Bertz CT molecular complexity index is 284. The average molecular weight is 244 g/mol. The summed E-state index contributed by atoms with van der Waals surface area (Å²) in [4.78, 5) is 0. The number of rotatable bonds is 2. The molecule has 1 aromatic rings. The molecule has 1 fully saturated rings. The van der Waals surface area contributed by atoms with E-state index in [1.165, 1.54) is 19.3 Å². The number of hydrogen-bond acceptors (Lipinski definition) is 2. The van der Waals surface area contributed by atoms with Gasteiger partial charge in [0.1, 0.15) is 5.76 Å². The molecule has 2 nitrogen and oxygen atoms in total. The van der Waals surface area contributed by atoms with Crippen LogP contribution in [0.5, 0.6) is 0 Å². The van der Waals surface area contributed by atoms with Crippen molar-refractivity contribution in [2.24, 2.45) is 0 Å². The third-order valence-electron chi connectivity index (χ3n) is 2.86. The van der Waals surface area contributed by atoms with Gasteiger partial charge in [-0.05, 0) is 48.3 Å². The molecule has 0 saturated heterocycles. The smallest absolute Gasteiger partial charge is 0.121 e. The van der Waals surface area contributed by atoms with Crippen LogP contribution < -0.4 is 5.32 Å². The molecule has 72 valence electrons. The van der Waals surface area contributed by atoms with Gasteiger partial charge in [-0.15, -0.1) is 0 Å². The molecule has 1 aromatic heterocycles. The maximum Gasteiger partial charge on any atom is 0.121 e. The molecule has 1 saturated carbocycles. The molecule has 0 radical (unpaired) electrons. The van der Waals surface area contributed by atoms with E-state index in [0.717, 1.165) is 10.2 Å². The van der Waals surface area contributed by atoms with E-state index >= 15 is 0 Å². The molecule has 1 N–H and O–H groups in total. The summed E-state index contributed by atoms with van der Waals surface area (Å²) in [6.07, 6.45) is 5.45. The van der Waals surface area contributed by atoms with Crippen molar-refractivity contribution in [3.8, 4) is 0 Å². The molecule has 2 rings (SSSR count). The van der Waals surface area contributed by atoms with E-state index < -0.39 is 0 Å². The first-order chi connectivity index (χ1) is 6.31. The Labute approximate surface area is 86.8 Å². The summed E-state index contributed by atoms with van der Waals surface area (Å²) in [6, 6.07) is 2.64. The molecule has 0 aromatic carbocycles. The molecule has 0 aliphatic heterocycles. The van der Waals surface area contributed by atoms with Gasteiger partial charge in [-0.3, -0.25) is 0 Å². The molecular formula is C10H14BrNO. The lowest BCUT2D eigenvalue weighted by Crippen LogP contribution is -2.21. The molecule has 0 spiro atoms. The first kappa shape index (κ1) is 9.28. The topological polar surface area (TPSA) is 25.2 Å². The van der Waals surface area contributed by atoms with Crippen molar-refractivity contribution in [1.82, 2.24) is 5.32 Å². The highest BCUT2D eigenvalue weighted by molar-refractivity contribution is 9.10. The van der Waals surface area contributed by atoms with Crippen molar-refractivity contribution in [3.63, 3.8) is 0 Å². The monoisotopic (exact) mass is 243 g/mol. The van der Waals surface area contributed by atoms with Crippen molar-refractivity contribution in [2.75, 3.05) is 7.05 Å². The first-order valence-corrected chi connectivity index (χ1v) is 5.50. The Morgan fingerprint density at radius 2 is 2.38 bits per heavy atom. The lowest BCUT2D eigenvalue weighted by Gasteiger charge is -2.08. The minimum atomic E-state index is 0.599. The minimum Gasteiger partial charge on any atom is -0.468 e. The number of halogens is 1. The molecule has 1 heterocycles. The molecule has 0 bridgehead atoms. The van der Waals surface area contributed by atoms with E-state index in [9.17, 15) is 0 Å². The van der Waals surface area contributed by atoms with E-state index in [0.29, 0.717) is 12.0 Å². The van der Waals surface area contributed by atoms with Crippen LogP contribution in [-0.2, 0) is 0 Å². The van der Waals surface area contributed by atoms with Crippen molar-refractivity contribution < 1.29 is 4.42 Å². The average Bonchev–Trinajstić information content (AvgIpc) is 2.71. The standard InChI is InChI=1S/C10H14BrNO/c1-12-8-3-2-7(6-8)10-9(11)4-5-13-10/h4-5,7-8,12H,2-3,6H2,1H3. The van der Waals surface area contributed by atoms with Crippen LogP contribution in [0.4, 0.5) is 0 Å². The van der Waals surface area contributed by atoms with Gasteiger partial charge >= 0.3 is 0 Å². The van der Waals surface area contributed by atoms with Gasteiger partial charge in [-0.2, -0.15) is 0 Å². The second-order valence-corrected chi connectivity index (χ2v) is 4.48. The fourth-order valence-corrected chi connectivity index (χ4v) is 2.60. The predicted octanol–water partition coefficient (Wildman–Crippen LogP) is 2.90. The van der Waals surface area contributed by atoms with Crippen LogP contribution in [-0.4, -0.2) is 13.1 Å². The van der Waals surface area contributed by atoms with E-state index in [4.69, 9.17) is 4.42 Å². The third-order valence-corrected chi connectivity index (χ3v) is 3.51. The summed E-state index contributed by atoms with van der Waals surface area (Å²) in [7, 11) is 2.03.